The molecular weight excluding hydrogens is 324 g/mol. The Morgan fingerprint density at radius 3 is 2.62 bits per heavy atom. The number of hydrogen-bond donors (Lipinski definition) is 0. The molecule has 0 saturated carbocycles. The second-order valence-corrected chi connectivity index (χ2v) is 7.37. The van der Waals surface area contributed by atoms with Crippen LogP contribution >= 0.6 is 11.3 Å². The maximum atomic E-state index is 12.4. The van der Waals surface area contributed by atoms with E-state index in [1.54, 1.807) is 29.5 Å². The molecule has 0 unspecified atom stereocenters. The fourth-order valence-electron chi connectivity index (χ4n) is 2.07. The topological polar surface area (TPSA) is 51.7 Å². The number of rotatable bonds is 6. The number of aromatic nitrogens is 1. The van der Waals surface area contributed by atoms with Crippen molar-refractivity contribution in [2.24, 2.45) is 0 Å². The summed E-state index contributed by atoms with van der Waals surface area (Å²) in [4.78, 5) is 19.6. The lowest BCUT2D eigenvalue weighted by atomic mass is 10.2. The van der Waals surface area contributed by atoms with Crippen LogP contribution in [0.25, 0.3) is 10.6 Å². The van der Waals surface area contributed by atoms with E-state index in [9.17, 15) is 4.79 Å². The Morgan fingerprint density at radius 2 is 2.08 bits per heavy atom. The molecule has 0 atom stereocenters. The average Bonchev–Trinajstić information content (AvgIpc) is 3.04. The standard InChI is InChI=1S/C18H24N2O3S/c1-18(2,3)23-17(21)20(9-10-22-4)13-14-7-8-15(19-12-14)16-6-5-11-24-16/h5-8,11-12H,9-10,13H2,1-4H3. The van der Waals surface area contributed by atoms with Gasteiger partial charge in [-0.3, -0.25) is 4.98 Å². The van der Waals surface area contributed by atoms with Crippen LogP contribution in [0.1, 0.15) is 26.3 Å². The lowest BCUT2D eigenvalue weighted by Crippen LogP contribution is -2.38. The van der Waals surface area contributed by atoms with Crippen LogP contribution in [0.3, 0.4) is 0 Å². The number of methoxy groups -OCH3 is 1. The highest BCUT2D eigenvalue weighted by Crippen LogP contribution is 2.22. The second-order valence-electron chi connectivity index (χ2n) is 6.42. The maximum Gasteiger partial charge on any atom is 0.410 e. The molecular formula is C18H24N2O3S. The van der Waals surface area contributed by atoms with Gasteiger partial charge in [-0.15, -0.1) is 11.3 Å². The van der Waals surface area contributed by atoms with Crippen LogP contribution < -0.4 is 0 Å². The predicted octanol–water partition coefficient (Wildman–Crippen LogP) is 4.19. The normalized spacial score (nSPS) is 11.3. The van der Waals surface area contributed by atoms with Gasteiger partial charge in [0.15, 0.2) is 0 Å². The van der Waals surface area contributed by atoms with E-state index in [0.29, 0.717) is 19.7 Å². The summed E-state index contributed by atoms with van der Waals surface area (Å²) in [6.45, 7) is 6.94. The zero-order valence-corrected chi connectivity index (χ0v) is 15.4. The summed E-state index contributed by atoms with van der Waals surface area (Å²) >= 11 is 1.65. The Hall–Kier alpha value is -1.92. The molecule has 5 nitrogen and oxygen atoms in total. The van der Waals surface area contributed by atoms with Crippen LogP contribution in [0.2, 0.25) is 0 Å². The van der Waals surface area contributed by atoms with Crippen LogP contribution in [0.5, 0.6) is 0 Å². The molecule has 0 N–H and O–H groups in total. The molecule has 2 aromatic rings. The Balaban J connectivity index is 2.06. The van der Waals surface area contributed by atoms with E-state index >= 15 is 0 Å². The fraction of sp³-hybridized carbons (Fsp3) is 0.444. The number of amides is 1. The molecule has 0 aliphatic carbocycles. The third-order valence-electron chi connectivity index (χ3n) is 3.19. The molecule has 2 aromatic heterocycles. The first-order chi connectivity index (χ1) is 11.4. The maximum absolute atomic E-state index is 12.4. The minimum absolute atomic E-state index is 0.345. The number of nitrogens with zero attached hydrogens (tertiary/aromatic N) is 2. The lowest BCUT2D eigenvalue weighted by molar-refractivity contribution is 0.0184. The van der Waals surface area contributed by atoms with Gasteiger partial charge in [0, 0.05) is 19.9 Å². The summed E-state index contributed by atoms with van der Waals surface area (Å²) in [6.07, 6.45) is 1.46. The van der Waals surface area contributed by atoms with E-state index in [1.165, 1.54) is 0 Å². The molecule has 6 heteroatoms. The second kappa shape index (κ2) is 8.26. The summed E-state index contributed by atoms with van der Waals surface area (Å²) in [7, 11) is 1.62. The van der Waals surface area contributed by atoms with E-state index in [4.69, 9.17) is 9.47 Å². The van der Waals surface area contributed by atoms with Crippen molar-refractivity contribution in [2.45, 2.75) is 32.9 Å². The smallest absolute Gasteiger partial charge is 0.410 e. The van der Waals surface area contributed by atoms with E-state index in [2.05, 4.69) is 4.98 Å². The summed E-state index contributed by atoms with van der Waals surface area (Å²) in [6, 6.07) is 8.01. The number of hydrogen-bond acceptors (Lipinski definition) is 5. The first-order valence-electron chi connectivity index (χ1n) is 7.85. The summed E-state index contributed by atoms with van der Waals surface area (Å²) < 4.78 is 10.6. The zero-order chi connectivity index (χ0) is 17.6. The van der Waals surface area contributed by atoms with Crippen molar-refractivity contribution in [1.29, 1.82) is 0 Å². The van der Waals surface area contributed by atoms with Gasteiger partial charge in [0.05, 0.1) is 23.7 Å². The Morgan fingerprint density at radius 1 is 1.29 bits per heavy atom. The predicted molar refractivity (Wildman–Crippen MR) is 96.1 cm³/mol. The minimum Gasteiger partial charge on any atom is -0.444 e. The first-order valence-corrected chi connectivity index (χ1v) is 8.72. The molecule has 2 heterocycles. The van der Waals surface area contributed by atoms with Gasteiger partial charge < -0.3 is 14.4 Å². The number of ether oxygens (including phenoxy) is 2. The van der Waals surface area contributed by atoms with Gasteiger partial charge in [-0.2, -0.15) is 0 Å². The molecule has 1 amide bonds. The van der Waals surface area contributed by atoms with Crippen LogP contribution in [0.4, 0.5) is 4.79 Å². The van der Waals surface area contributed by atoms with E-state index < -0.39 is 5.60 Å². The number of carbonyl (C=O) groups is 1. The highest BCUT2D eigenvalue weighted by molar-refractivity contribution is 7.13. The molecule has 0 fully saturated rings. The quantitative estimate of drug-likeness (QED) is 0.785. The van der Waals surface area contributed by atoms with Crippen molar-refractivity contribution in [2.75, 3.05) is 20.3 Å². The molecule has 0 aliphatic heterocycles. The summed E-state index contributed by atoms with van der Waals surface area (Å²) in [5, 5.41) is 2.03. The van der Waals surface area contributed by atoms with Gasteiger partial charge in [0.25, 0.3) is 0 Å². The molecule has 0 radical (unpaired) electrons. The highest BCUT2D eigenvalue weighted by atomic mass is 32.1. The van der Waals surface area contributed by atoms with Crippen molar-refractivity contribution < 1.29 is 14.3 Å². The fourth-order valence-corrected chi connectivity index (χ4v) is 2.77. The van der Waals surface area contributed by atoms with Gasteiger partial charge in [-0.1, -0.05) is 12.1 Å². The largest absolute Gasteiger partial charge is 0.444 e. The molecule has 0 aliphatic rings. The lowest BCUT2D eigenvalue weighted by Gasteiger charge is -2.27. The van der Waals surface area contributed by atoms with Crippen molar-refractivity contribution in [3.63, 3.8) is 0 Å². The average molecular weight is 348 g/mol. The van der Waals surface area contributed by atoms with E-state index in [1.807, 2.05) is 50.4 Å². The van der Waals surface area contributed by atoms with Crippen LogP contribution in [0.15, 0.2) is 35.8 Å². The third kappa shape index (κ3) is 5.62. The van der Waals surface area contributed by atoms with Crippen molar-refractivity contribution in [3.8, 4) is 10.6 Å². The molecule has 130 valence electrons. The summed E-state index contributed by atoms with van der Waals surface area (Å²) in [5.74, 6) is 0. The molecule has 0 spiro atoms. The number of pyridine rings is 1. The van der Waals surface area contributed by atoms with Gasteiger partial charge >= 0.3 is 6.09 Å². The highest BCUT2D eigenvalue weighted by Gasteiger charge is 2.22. The summed E-state index contributed by atoms with van der Waals surface area (Å²) in [5.41, 5.74) is 1.37. The first kappa shape index (κ1) is 18.4. The Labute approximate surface area is 147 Å². The van der Waals surface area contributed by atoms with Crippen molar-refractivity contribution in [3.05, 3.63) is 41.4 Å². The Bertz CT molecular complexity index is 633. The molecule has 24 heavy (non-hydrogen) atoms. The van der Waals surface area contributed by atoms with Crippen molar-refractivity contribution >= 4 is 17.4 Å². The SMILES string of the molecule is COCCN(Cc1ccc(-c2cccs2)nc1)C(=O)OC(C)(C)C. The molecule has 0 aromatic carbocycles. The molecule has 2 rings (SSSR count). The monoisotopic (exact) mass is 348 g/mol. The van der Waals surface area contributed by atoms with Gasteiger partial charge in [0.1, 0.15) is 5.60 Å². The van der Waals surface area contributed by atoms with Gasteiger partial charge in [-0.05, 0) is 43.8 Å². The van der Waals surface area contributed by atoms with E-state index in [0.717, 1.165) is 16.1 Å². The van der Waals surface area contributed by atoms with Crippen LogP contribution in [0, 0.1) is 0 Å². The molecule has 0 bridgehead atoms. The zero-order valence-electron chi connectivity index (χ0n) is 14.6. The number of carbonyl (C=O) groups excluding carboxylic acids is 1. The van der Waals surface area contributed by atoms with Crippen LogP contribution in [-0.4, -0.2) is 41.8 Å². The van der Waals surface area contributed by atoms with Crippen molar-refractivity contribution in [1.82, 2.24) is 9.88 Å². The number of thiophene rings is 1. The molecule has 0 saturated heterocycles. The van der Waals surface area contributed by atoms with Gasteiger partial charge in [-0.25, -0.2) is 4.79 Å². The third-order valence-corrected chi connectivity index (χ3v) is 4.08. The van der Waals surface area contributed by atoms with E-state index in [-0.39, 0.29) is 6.09 Å². The van der Waals surface area contributed by atoms with Gasteiger partial charge in [0.2, 0.25) is 0 Å². The minimum atomic E-state index is -0.524. The van der Waals surface area contributed by atoms with Crippen LogP contribution in [-0.2, 0) is 16.0 Å². The Kier molecular flexibility index (Phi) is 6.34.